The van der Waals surface area contributed by atoms with Gasteiger partial charge in [-0.05, 0) is 36.6 Å². The number of ketones is 1. The van der Waals surface area contributed by atoms with Crippen molar-refractivity contribution in [3.8, 4) is 5.75 Å². The summed E-state index contributed by atoms with van der Waals surface area (Å²) < 4.78 is 43.9. The van der Waals surface area contributed by atoms with Crippen LogP contribution in [0.5, 0.6) is 5.75 Å². The highest BCUT2D eigenvalue weighted by Crippen LogP contribution is 2.23. The molecule has 14 heteroatoms. The van der Waals surface area contributed by atoms with E-state index in [1.807, 2.05) is 0 Å². The van der Waals surface area contributed by atoms with E-state index >= 15 is 0 Å². The zero-order valence-electron chi connectivity index (χ0n) is 21.0. The lowest BCUT2D eigenvalue weighted by atomic mass is 10.00. The molecule has 0 bridgehead atoms. The monoisotopic (exact) mass is 548 g/mol. The van der Waals surface area contributed by atoms with Gasteiger partial charge in [-0.3, -0.25) is 23.9 Å². The first-order chi connectivity index (χ1) is 18.4. The van der Waals surface area contributed by atoms with Crippen LogP contribution in [0.25, 0.3) is 0 Å². The number of carbonyl (C=O) groups excluding carboxylic acids is 3. The number of pyridine rings is 1. The van der Waals surface area contributed by atoms with Crippen LogP contribution in [-0.4, -0.2) is 43.5 Å². The number of ether oxygens (including phenoxy) is 1. The van der Waals surface area contributed by atoms with Gasteiger partial charge in [-0.15, -0.1) is 18.3 Å². The number of benzene rings is 1. The Morgan fingerprint density at radius 2 is 1.87 bits per heavy atom. The zero-order chi connectivity index (χ0) is 28.6. The lowest BCUT2D eigenvalue weighted by Gasteiger charge is -2.10. The van der Waals surface area contributed by atoms with Gasteiger partial charge in [-0.2, -0.15) is 0 Å². The Morgan fingerprint density at radius 1 is 1.13 bits per heavy atom. The van der Waals surface area contributed by atoms with E-state index in [2.05, 4.69) is 20.4 Å². The molecule has 0 aliphatic heterocycles. The fourth-order valence-corrected chi connectivity index (χ4v) is 3.56. The maximum atomic E-state index is 12.4. The van der Waals surface area contributed by atoms with Crippen LogP contribution in [0.4, 0.5) is 13.2 Å². The second kappa shape index (κ2) is 12.8. The zero-order valence-corrected chi connectivity index (χ0v) is 21.0. The molecule has 208 valence electrons. The van der Waals surface area contributed by atoms with E-state index in [4.69, 9.17) is 5.73 Å². The van der Waals surface area contributed by atoms with Crippen molar-refractivity contribution in [2.24, 2.45) is 11.7 Å². The molecule has 11 nitrogen and oxygen atoms in total. The summed E-state index contributed by atoms with van der Waals surface area (Å²) in [5, 5.41) is 10.3. The van der Waals surface area contributed by atoms with Crippen LogP contribution in [0.1, 0.15) is 52.6 Å². The Labute approximate surface area is 220 Å². The van der Waals surface area contributed by atoms with Gasteiger partial charge < -0.3 is 20.4 Å². The third-order valence-corrected chi connectivity index (χ3v) is 5.69. The number of nitrogens with one attached hydrogen (secondary N) is 1. The number of hydrogen-bond donors (Lipinski definition) is 2. The highest BCUT2D eigenvalue weighted by atomic mass is 19.4. The Kier molecular flexibility index (Phi) is 9.57. The fraction of sp³-hybridized carbons (Fsp3) is 0.360. The number of carbonyl (C=O) groups is 3. The molecule has 3 N–H and O–H groups in total. The average Bonchev–Trinajstić information content (AvgIpc) is 3.34. The lowest BCUT2D eigenvalue weighted by molar-refractivity contribution is -0.274. The SMILES string of the molecule is C[C@@H](CC(=O)c1ccn(CCCCn2cc(C(=O)NCc3cccc(OC(F)(F)F)c3)nn2)c(=O)c1)C(N)=O. The molecule has 2 aromatic heterocycles. The first kappa shape index (κ1) is 29.1. The second-order valence-corrected chi connectivity index (χ2v) is 8.83. The number of Topliss-reactive ketones (excluding diaryl/α,β-unsaturated/α-hetero) is 1. The van der Waals surface area contributed by atoms with Crippen LogP contribution in [0.2, 0.25) is 0 Å². The largest absolute Gasteiger partial charge is 0.573 e. The van der Waals surface area contributed by atoms with Gasteiger partial charge in [0, 0.05) is 49.8 Å². The van der Waals surface area contributed by atoms with Gasteiger partial charge in [0.2, 0.25) is 5.91 Å². The van der Waals surface area contributed by atoms with E-state index in [9.17, 15) is 32.3 Å². The van der Waals surface area contributed by atoms with E-state index in [0.29, 0.717) is 31.5 Å². The number of nitrogens with two attached hydrogens (primary N) is 1. The highest BCUT2D eigenvalue weighted by Gasteiger charge is 2.31. The first-order valence-corrected chi connectivity index (χ1v) is 12.0. The van der Waals surface area contributed by atoms with Crippen molar-refractivity contribution in [2.75, 3.05) is 0 Å². The minimum Gasteiger partial charge on any atom is -0.406 e. The normalized spacial score (nSPS) is 12.1. The van der Waals surface area contributed by atoms with Crippen LogP contribution in [0, 0.1) is 5.92 Å². The summed E-state index contributed by atoms with van der Waals surface area (Å²) in [6, 6.07) is 8.02. The molecule has 3 rings (SSSR count). The first-order valence-electron chi connectivity index (χ1n) is 12.0. The number of rotatable bonds is 13. The van der Waals surface area contributed by atoms with E-state index in [1.165, 1.54) is 45.9 Å². The topological polar surface area (TPSA) is 151 Å². The standard InChI is InChI=1S/C25H27F3N6O5/c1-16(23(29)37)11-21(35)18-7-10-33(22(36)13-18)8-2-3-9-34-15-20(31-32-34)24(38)30-14-17-5-4-6-19(12-17)39-25(26,27)28/h4-7,10,12-13,15-16H,2-3,8-9,11,14H2,1H3,(H2,29,37)(H,30,38)/t16-/m0/s1. The second-order valence-electron chi connectivity index (χ2n) is 8.83. The van der Waals surface area contributed by atoms with Crippen molar-refractivity contribution in [3.05, 3.63) is 76.0 Å². The average molecular weight is 549 g/mol. The van der Waals surface area contributed by atoms with E-state index < -0.39 is 24.1 Å². The number of hydrogen-bond acceptors (Lipinski definition) is 7. The minimum absolute atomic E-state index is 0.0376. The molecule has 0 aliphatic carbocycles. The molecule has 3 aromatic rings. The lowest BCUT2D eigenvalue weighted by Crippen LogP contribution is -2.24. The summed E-state index contributed by atoms with van der Waals surface area (Å²) in [5.74, 6) is -2.47. The number of primary amides is 1. The number of aromatic nitrogens is 4. The van der Waals surface area contributed by atoms with Crippen LogP contribution >= 0.6 is 0 Å². The van der Waals surface area contributed by atoms with Gasteiger partial charge >= 0.3 is 6.36 Å². The van der Waals surface area contributed by atoms with Gasteiger partial charge in [-0.1, -0.05) is 24.3 Å². The van der Waals surface area contributed by atoms with Crippen LogP contribution in [0.3, 0.4) is 0 Å². The molecule has 0 aliphatic rings. The minimum atomic E-state index is -4.81. The van der Waals surface area contributed by atoms with Crippen molar-refractivity contribution < 1.29 is 32.3 Å². The van der Waals surface area contributed by atoms with Crippen molar-refractivity contribution in [1.29, 1.82) is 0 Å². The molecule has 2 heterocycles. The van der Waals surface area contributed by atoms with Crippen LogP contribution < -0.4 is 21.3 Å². The van der Waals surface area contributed by atoms with Crippen molar-refractivity contribution in [1.82, 2.24) is 24.9 Å². The molecule has 1 aromatic carbocycles. The molecule has 2 amide bonds. The van der Waals surface area contributed by atoms with Gasteiger partial charge in [0.05, 0.1) is 6.20 Å². The molecular formula is C25H27F3N6O5. The maximum absolute atomic E-state index is 12.4. The quantitative estimate of drug-likeness (QED) is 0.246. The van der Waals surface area contributed by atoms with Gasteiger partial charge in [-0.25, -0.2) is 0 Å². The number of alkyl halides is 3. The summed E-state index contributed by atoms with van der Waals surface area (Å²) in [5.41, 5.74) is 5.51. The molecule has 0 unspecified atom stereocenters. The van der Waals surface area contributed by atoms with Gasteiger partial charge in [0.1, 0.15) is 5.75 Å². The smallest absolute Gasteiger partial charge is 0.406 e. The van der Waals surface area contributed by atoms with E-state index in [-0.39, 0.29) is 41.3 Å². The molecule has 0 spiro atoms. The molecule has 39 heavy (non-hydrogen) atoms. The summed E-state index contributed by atoms with van der Waals surface area (Å²) in [4.78, 5) is 48.0. The number of halogens is 3. The number of aryl methyl sites for hydroxylation is 2. The molecule has 0 saturated carbocycles. The van der Waals surface area contributed by atoms with Gasteiger partial charge in [0.15, 0.2) is 11.5 Å². The fourth-order valence-electron chi connectivity index (χ4n) is 3.56. The number of amides is 2. The van der Waals surface area contributed by atoms with Crippen LogP contribution in [0.15, 0.2) is 53.6 Å². The molecule has 0 radical (unpaired) electrons. The highest BCUT2D eigenvalue weighted by molar-refractivity contribution is 5.98. The van der Waals surface area contributed by atoms with Crippen molar-refractivity contribution in [3.63, 3.8) is 0 Å². The predicted octanol–water partition coefficient (Wildman–Crippen LogP) is 2.44. The van der Waals surface area contributed by atoms with Crippen molar-refractivity contribution in [2.45, 2.75) is 52.2 Å². The summed E-state index contributed by atoms with van der Waals surface area (Å²) in [7, 11) is 0. The summed E-state index contributed by atoms with van der Waals surface area (Å²) in [6.07, 6.45) is -0.704. The van der Waals surface area contributed by atoms with Gasteiger partial charge in [0.25, 0.3) is 11.5 Å². The Morgan fingerprint density at radius 3 is 2.56 bits per heavy atom. The third kappa shape index (κ3) is 9.09. The van der Waals surface area contributed by atoms with Crippen molar-refractivity contribution >= 4 is 17.6 Å². The Balaban J connectivity index is 1.44. The number of unbranched alkanes of at least 4 members (excludes halogenated alkanes) is 1. The Bertz CT molecular complexity index is 1380. The molecular weight excluding hydrogens is 521 g/mol. The van der Waals surface area contributed by atoms with E-state index in [1.54, 1.807) is 13.0 Å². The summed E-state index contributed by atoms with van der Waals surface area (Å²) in [6.45, 7) is 2.33. The predicted molar refractivity (Wildman–Crippen MR) is 132 cm³/mol. The summed E-state index contributed by atoms with van der Waals surface area (Å²) >= 11 is 0. The molecule has 0 fully saturated rings. The van der Waals surface area contributed by atoms with E-state index in [0.717, 1.165) is 6.07 Å². The Hall–Kier alpha value is -4.49. The maximum Gasteiger partial charge on any atom is 0.573 e. The molecule has 0 saturated heterocycles. The number of nitrogens with zero attached hydrogens (tertiary/aromatic N) is 4. The van der Waals surface area contributed by atoms with Crippen LogP contribution in [-0.2, 0) is 24.4 Å². The third-order valence-electron chi connectivity index (χ3n) is 5.69. The molecule has 1 atom stereocenters.